The maximum absolute atomic E-state index is 2.29. The van der Waals surface area contributed by atoms with Crippen LogP contribution in [-0.2, 0) is 0 Å². The Morgan fingerprint density at radius 3 is 1.85 bits per heavy atom. The summed E-state index contributed by atoms with van der Waals surface area (Å²) in [6.07, 6.45) is 0. The van der Waals surface area contributed by atoms with Gasteiger partial charge in [0.25, 0.3) is 0 Å². The predicted molar refractivity (Wildman–Crippen MR) is 86.6 cm³/mol. The van der Waals surface area contributed by atoms with Gasteiger partial charge in [0.15, 0.2) is 0 Å². The average molecular weight is 276 g/mol. The molecule has 0 amide bonds. The minimum absolute atomic E-state index is 0.418. The highest BCUT2D eigenvalue weighted by Crippen LogP contribution is 2.50. The smallest absolute Gasteiger partial charge is 0.0448 e. The Bertz CT molecular complexity index is 750. The maximum Gasteiger partial charge on any atom is 0.0448 e. The second-order valence-electron chi connectivity index (χ2n) is 5.52. The van der Waals surface area contributed by atoms with Crippen LogP contribution in [0.25, 0.3) is 11.1 Å². The Hall–Kier alpha value is -1.86. The van der Waals surface area contributed by atoms with Gasteiger partial charge < -0.3 is 0 Å². The molecule has 0 spiro atoms. The monoisotopic (exact) mass is 276 g/mol. The van der Waals surface area contributed by atoms with Crippen LogP contribution >= 0.6 is 11.3 Å². The summed E-state index contributed by atoms with van der Waals surface area (Å²) in [7, 11) is 0. The summed E-state index contributed by atoms with van der Waals surface area (Å²) < 4.78 is 0. The van der Waals surface area contributed by atoms with E-state index in [1.807, 2.05) is 11.3 Å². The highest BCUT2D eigenvalue weighted by molar-refractivity contribution is 7.10. The molecule has 0 atom stereocenters. The van der Waals surface area contributed by atoms with Crippen LogP contribution in [0, 0.1) is 13.8 Å². The van der Waals surface area contributed by atoms with Gasteiger partial charge in [-0.25, -0.2) is 0 Å². The molecule has 0 radical (unpaired) electrons. The van der Waals surface area contributed by atoms with Crippen LogP contribution in [-0.4, -0.2) is 0 Å². The van der Waals surface area contributed by atoms with E-state index in [9.17, 15) is 0 Å². The molecule has 3 aromatic rings. The van der Waals surface area contributed by atoms with E-state index < -0.39 is 0 Å². The van der Waals surface area contributed by atoms with E-state index in [1.165, 1.54) is 38.3 Å². The van der Waals surface area contributed by atoms with Gasteiger partial charge in [-0.3, -0.25) is 0 Å². The van der Waals surface area contributed by atoms with E-state index in [1.54, 1.807) is 0 Å². The zero-order chi connectivity index (χ0) is 13.7. The fourth-order valence-corrected chi connectivity index (χ4v) is 4.45. The molecule has 0 N–H and O–H groups in total. The summed E-state index contributed by atoms with van der Waals surface area (Å²) in [4.78, 5) is 1.50. The first kappa shape index (κ1) is 11.9. The summed E-state index contributed by atoms with van der Waals surface area (Å²) in [5.41, 5.74) is 8.58. The van der Waals surface area contributed by atoms with Crippen molar-refractivity contribution in [1.82, 2.24) is 0 Å². The topological polar surface area (TPSA) is 0 Å². The molecule has 1 aliphatic rings. The second kappa shape index (κ2) is 4.32. The molecular formula is C19H16S. The van der Waals surface area contributed by atoms with E-state index in [2.05, 4.69) is 67.8 Å². The summed E-state index contributed by atoms with van der Waals surface area (Å²) in [6.45, 7) is 4.47. The van der Waals surface area contributed by atoms with Crippen LogP contribution in [0.4, 0.5) is 0 Å². The lowest BCUT2D eigenvalue weighted by molar-refractivity contribution is 1.03. The van der Waals surface area contributed by atoms with Gasteiger partial charge in [0.05, 0.1) is 0 Å². The normalized spacial score (nSPS) is 13.3. The Kier molecular flexibility index (Phi) is 2.58. The lowest BCUT2D eigenvalue weighted by Gasteiger charge is -2.13. The van der Waals surface area contributed by atoms with Crippen molar-refractivity contribution in [3.8, 4) is 11.1 Å². The van der Waals surface area contributed by atoms with Gasteiger partial charge in [-0.1, -0.05) is 48.5 Å². The Morgan fingerprint density at radius 1 is 0.800 bits per heavy atom. The molecule has 1 aromatic heterocycles. The van der Waals surface area contributed by atoms with Gasteiger partial charge in [-0.15, -0.1) is 11.3 Å². The minimum Gasteiger partial charge on any atom is -0.147 e. The van der Waals surface area contributed by atoms with Gasteiger partial charge in [0.1, 0.15) is 0 Å². The fourth-order valence-electron chi connectivity index (χ4n) is 3.25. The SMILES string of the molecule is Cc1csc(C2c3ccccc3-c3ccccc32)c1C. The summed E-state index contributed by atoms with van der Waals surface area (Å²) in [6, 6.07) is 17.7. The third-order valence-corrected chi connectivity index (χ3v) is 5.69. The molecule has 0 bridgehead atoms. The van der Waals surface area contributed by atoms with Crippen LogP contribution in [0.15, 0.2) is 53.9 Å². The molecule has 0 fully saturated rings. The second-order valence-corrected chi connectivity index (χ2v) is 6.43. The lowest BCUT2D eigenvalue weighted by atomic mass is 9.92. The predicted octanol–water partition coefficient (Wildman–Crippen LogP) is 5.53. The maximum atomic E-state index is 2.29. The van der Waals surface area contributed by atoms with E-state index in [0.29, 0.717) is 5.92 Å². The molecular weight excluding hydrogens is 260 g/mol. The van der Waals surface area contributed by atoms with Crippen LogP contribution in [0.2, 0.25) is 0 Å². The fraction of sp³-hybridized carbons (Fsp3) is 0.158. The highest BCUT2D eigenvalue weighted by atomic mass is 32.1. The van der Waals surface area contributed by atoms with Gasteiger partial charge in [-0.2, -0.15) is 0 Å². The number of fused-ring (bicyclic) bond motifs is 3. The van der Waals surface area contributed by atoms with Crippen molar-refractivity contribution in [1.29, 1.82) is 0 Å². The van der Waals surface area contributed by atoms with Gasteiger partial charge >= 0.3 is 0 Å². The molecule has 0 aliphatic heterocycles. The zero-order valence-electron chi connectivity index (χ0n) is 11.7. The average Bonchev–Trinajstić information content (AvgIpc) is 2.98. The molecule has 98 valence electrons. The van der Waals surface area contributed by atoms with Crippen LogP contribution < -0.4 is 0 Å². The van der Waals surface area contributed by atoms with Crippen molar-refractivity contribution in [3.63, 3.8) is 0 Å². The molecule has 0 unspecified atom stereocenters. The van der Waals surface area contributed by atoms with Crippen LogP contribution in [0.3, 0.4) is 0 Å². The molecule has 0 nitrogen and oxygen atoms in total. The molecule has 1 heteroatoms. The van der Waals surface area contributed by atoms with Gasteiger partial charge in [-0.05, 0) is 52.6 Å². The number of rotatable bonds is 1. The lowest BCUT2D eigenvalue weighted by Crippen LogP contribution is -1.98. The van der Waals surface area contributed by atoms with E-state index in [0.717, 1.165) is 0 Å². The highest BCUT2D eigenvalue weighted by Gasteiger charge is 2.31. The van der Waals surface area contributed by atoms with Gasteiger partial charge in [0, 0.05) is 10.8 Å². The summed E-state index contributed by atoms with van der Waals surface area (Å²) in [5, 5.41) is 2.29. The minimum atomic E-state index is 0.418. The third kappa shape index (κ3) is 1.53. The third-order valence-electron chi connectivity index (χ3n) is 4.42. The molecule has 0 saturated carbocycles. The molecule has 1 heterocycles. The first-order valence-corrected chi connectivity index (χ1v) is 7.88. The largest absolute Gasteiger partial charge is 0.147 e. The number of hydrogen-bond acceptors (Lipinski definition) is 1. The van der Waals surface area contributed by atoms with E-state index in [4.69, 9.17) is 0 Å². The van der Waals surface area contributed by atoms with Crippen molar-refractivity contribution in [2.24, 2.45) is 0 Å². The number of aryl methyl sites for hydroxylation is 1. The first-order chi connectivity index (χ1) is 9.77. The standard InChI is InChI=1S/C19H16S/c1-12-11-20-19(13(12)2)18-16-9-5-3-7-14(16)15-8-4-6-10-17(15)18/h3-11,18H,1-2H3. The molecule has 4 rings (SSSR count). The quantitative estimate of drug-likeness (QED) is 0.429. The summed E-state index contributed by atoms with van der Waals surface area (Å²) in [5.74, 6) is 0.418. The number of hydrogen-bond donors (Lipinski definition) is 0. The first-order valence-electron chi connectivity index (χ1n) is 7.00. The molecule has 1 aliphatic carbocycles. The summed E-state index contributed by atoms with van der Waals surface area (Å²) >= 11 is 1.90. The van der Waals surface area contributed by atoms with Crippen molar-refractivity contribution in [2.75, 3.05) is 0 Å². The molecule has 20 heavy (non-hydrogen) atoms. The zero-order valence-corrected chi connectivity index (χ0v) is 12.5. The Balaban J connectivity index is 2.03. The Labute approximate surface area is 123 Å². The molecule has 0 saturated heterocycles. The van der Waals surface area contributed by atoms with E-state index in [-0.39, 0.29) is 0 Å². The van der Waals surface area contributed by atoms with Crippen molar-refractivity contribution < 1.29 is 0 Å². The molecule has 2 aromatic carbocycles. The van der Waals surface area contributed by atoms with Gasteiger partial charge in [0.2, 0.25) is 0 Å². The Morgan fingerprint density at radius 2 is 1.35 bits per heavy atom. The van der Waals surface area contributed by atoms with Crippen LogP contribution in [0.5, 0.6) is 0 Å². The number of benzene rings is 2. The van der Waals surface area contributed by atoms with E-state index >= 15 is 0 Å². The van der Waals surface area contributed by atoms with Crippen LogP contribution in [0.1, 0.15) is 33.0 Å². The number of thiophene rings is 1. The van der Waals surface area contributed by atoms with Crippen molar-refractivity contribution >= 4 is 11.3 Å². The van der Waals surface area contributed by atoms with Crippen molar-refractivity contribution in [2.45, 2.75) is 19.8 Å². The van der Waals surface area contributed by atoms with Crippen molar-refractivity contribution in [3.05, 3.63) is 81.0 Å².